The normalized spacial score (nSPS) is 10.8. The second kappa shape index (κ2) is 9.25. The Hall–Kier alpha value is -3.94. The van der Waals surface area contributed by atoms with Crippen molar-refractivity contribution in [2.45, 2.75) is 26.9 Å². The van der Waals surface area contributed by atoms with Gasteiger partial charge in [-0.25, -0.2) is 0 Å². The molecule has 4 rings (SSSR count). The Kier molecular flexibility index (Phi) is 6.07. The van der Waals surface area contributed by atoms with E-state index in [2.05, 4.69) is 32.7 Å². The number of nitrogens with one attached hydrogen (secondary N) is 1. The maximum atomic E-state index is 12.3. The molecule has 0 fully saturated rings. The lowest BCUT2D eigenvalue weighted by Gasteiger charge is -2.09. The summed E-state index contributed by atoms with van der Waals surface area (Å²) in [4.78, 5) is 12.3. The number of carbonyl (C=O) groups excluding carboxylic acids is 1. The molecule has 0 aliphatic rings. The van der Waals surface area contributed by atoms with Crippen molar-refractivity contribution < 1.29 is 13.9 Å². The van der Waals surface area contributed by atoms with Crippen LogP contribution in [0.4, 0.5) is 0 Å². The van der Waals surface area contributed by atoms with Gasteiger partial charge in [0, 0.05) is 23.4 Å². The first-order chi connectivity index (χ1) is 15.1. The highest BCUT2D eigenvalue weighted by Crippen LogP contribution is 2.20. The van der Waals surface area contributed by atoms with E-state index in [1.54, 1.807) is 24.3 Å². The monoisotopic (exact) mass is 417 g/mol. The predicted octanol–water partition coefficient (Wildman–Crippen LogP) is 3.29. The lowest BCUT2D eigenvalue weighted by Crippen LogP contribution is -2.28. The fraction of sp³-hybridized carbons (Fsp3) is 0.217. The number of hydrogen-bond acceptors (Lipinski definition) is 6. The van der Waals surface area contributed by atoms with Gasteiger partial charge < -0.3 is 14.5 Å². The van der Waals surface area contributed by atoms with Crippen molar-refractivity contribution in [2.24, 2.45) is 0 Å². The van der Waals surface area contributed by atoms with Crippen molar-refractivity contribution in [3.8, 4) is 17.2 Å². The van der Waals surface area contributed by atoms with E-state index < -0.39 is 0 Å². The first-order valence-electron chi connectivity index (χ1n) is 9.93. The zero-order valence-electron chi connectivity index (χ0n) is 17.4. The Labute approximate surface area is 179 Å². The first kappa shape index (κ1) is 20.3. The van der Waals surface area contributed by atoms with Crippen molar-refractivity contribution in [1.82, 2.24) is 25.3 Å². The summed E-state index contributed by atoms with van der Waals surface area (Å²) in [6, 6.07) is 17.3. The first-order valence-corrected chi connectivity index (χ1v) is 9.93. The van der Waals surface area contributed by atoms with E-state index >= 15 is 0 Å². The Morgan fingerprint density at radius 2 is 1.87 bits per heavy atom. The molecule has 8 heteroatoms. The molecule has 1 amide bonds. The molecular formula is C23H23N5O3. The highest BCUT2D eigenvalue weighted by Gasteiger charge is 2.13. The van der Waals surface area contributed by atoms with E-state index in [-0.39, 0.29) is 12.5 Å². The van der Waals surface area contributed by atoms with Crippen LogP contribution in [0.2, 0.25) is 0 Å². The molecule has 2 aromatic carbocycles. The molecule has 0 saturated heterocycles. The van der Waals surface area contributed by atoms with Gasteiger partial charge in [-0.2, -0.15) is 5.10 Å². The number of aryl methyl sites for hydroxylation is 1. The molecule has 31 heavy (non-hydrogen) atoms. The van der Waals surface area contributed by atoms with Crippen molar-refractivity contribution in [2.75, 3.05) is 6.61 Å². The summed E-state index contributed by atoms with van der Waals surface area (Å²) in [5.41, 5.74) is 4.94. The van der Waals surface area contributed by atoms with Gasteiger partial charge in [0.1, 0.15) is 5.75 Å². The van der Waals surface area contributed by atoms with Crippen LogP contribution in [0.15, 0.2) is 65.4 Å². The third kappa shape index (κ3) is 4.98. The van der Waals surface area contributed by atoms with Gasteiger partial charge in [-0.05, 0) is 43.7 Å². The summed E-state index contributed by atoms with van der Waals surface area (Å²) < 4.78 is 12.7. The van der Waals surface area contributed by atoms with Crippen LogP contribution < -0.4 is 10.1 Å². The van der Waals surface area contributed by atoms with Crippen LogP contribution in [-0.2, 0) is 17.9 Å². The summed E-state index contributed by atoms with van der Waals surface area (Å²) in [5.74, 6) is 0.819. The van der Waals surface area contributed by atoms with Crippen molar-refractivity contribution in [3.63, 3.8) is 0 Å². The van der Waals surface area contributed by atoms with Crippen molar-refractivity contribution >= 4 is 5.91 Å². The third-order valence-corrected chi connectivity index (χ3v) is 5.00. The van der Waals surface area contributed by atoms with Gasteiger partial charge in [0.25, 0.3) is 5.91 Å². The second-order valence-electron chi connectivity index (χ2n) is 7.13. The number of ether oxygens (including phenoxy) is 1. The molecule has 0 radical (unpaired) electrons. The summed E-state index contributed by atoms with van der Waals surface area (Å²) in [7, 11) is 0. The topological polar surface area (TPSA) is 95.1 Å². The maximum absolute atomic E-state index is 12.3. The molecule has 8 nitrogen and oxygen atoms in total. The SMILES string of the molecule is Cc1nn(Cc2ccccc2)c(C)c1CNC(=O)COc1ccc(-c2nnco2)cc1. The molecule has 0 aliphatic heterocycles. The number of amides is 1. The number of rotatable bonds is 8. The van der Waals surface area contributed by atoms with Gasteiger partial charge in [-0.15, -0.1) is 10.2 Å². The molecule has 4 aromatic rings. The minimum atomic E-state index is -0.199. The zero-order chi connectivity index (χ0) is 21.6. The van der Waals surface area contributed by atoms with Crippen LogP contribution in [0, 0.1) is 13.8 Å². The Morgan fingerprint density at radius 3 is 2.58 bits per heavy atom. The van der Waals surface area contributed by atoms with Crippen LogP contribution in [0.1, 0.15) is 22.5 Å². The molecule has 0 saturated carbocycles. The lowest BCUT2D eigenvalue weighted by atomic mass is 10.2. The molecular weight excluding hydrogens is 394 g/mol. The molecule has 2 heterocycles. The predicted molar refractivity (Wildman–Crippen MR) is 114 cm³/mol. The summed E-state index contributed by atoms with van der Waals surface area (Å²) in [5, 5.41) is 15.0. The second-order valence-corrected chi connectivity index (χ2v) is 7.13. The molecule has 0 bridgehead atoms. The third-order valence-electron chi connectivity index (χ3n) is 5.00. The zero-order valence-corrected chi connectivity index (χ0v) is 17.4. The smallest absolute Gasteiger partial charge is 0.258 e. The summed E-state index contributed by atoms with van der Waals surface area (Å²) >= 11 is 0. The Bertz CT molecular complexity index is 1140. The molecule has 0 atom stereocenters. The highest BCUT2D eigenvalue weighted by atomic mass is 16.5. The minimum Gasteiger partial charge on any atom is -0.484 e. The van der Waals surface area contributed by atoms with Gasteiger partial charge in [-0.3, -0.25) is 9.48 Å². The Balaban J connectivity index is 1.30. The number of carbonyl (C=O) groups is 1. The fourth-order valence-electron chi connectivity index (χ4n) is 3.28. The van der Waals surface area contributed by atoms with Gasteiger partial charge >= 0.3 is 0 Å². The van der Waals surface area contributed by atoms with E-state index in [0.717, 1.165) is 22.5 Å². The van der Waals surface area contributed by atoms with Gasteiger partial charge in [0.2, 0.25) is 12.3 Å². The highest BCUT2D eigenvalue weighted by molar-refractivity contribution is 5.77. The van der Waals surface area contributed by atoms with Gasteiger partial charge in [0.15, 0.2) is 6.61 Å². The Morgan fingerprint density at radius 1 is 1.10 bits per heavy atom. The number of nitrogens with zero attached hydrogens (tertiary/aromatic N) is 4. The minimum absolute atomic E-state index is 0.0733. The van der Waals surface area contributed by atoms with Crippen molar-refractivity contribution in [1.29, 1.82) is 0 Å². The number of benzene rings is 2. The van der Waals surface area contributed by atoms with Crippen LogP contribution >= 0.6 is 0 Å². The van der Waals surface area contributed by atoms with Crippen LogP contribution in [0.3, 0.4) is 0 Å². The van der Waals surface area contributed by atoms with E-state index in [4.69, 9.17) is 9.15 Å². The van der Waals surface area contributed by atoms with E-state index in [9.17, 15) is 4.79 Å². The number of aromatic nitrogens is 4. The summed E-state index contributed by atoms with van der Waals surface area (Å²) in [6.45, 7) is 5.01. The average Bonchev–Trinajstić information content (AvgIpc) is 3.41. The molecule has 0 aliphatic carbocycles. The average molecular weight is 417 g/mol. The number of hydrogen-bond donors (Lipinski definition) is 1. The van der Waals surface area contributed by atoms with Crippen LogP contribution in [0.5, 0.6) is 5.75 Å². The largest absolute Gasteiger partial charge is 0.484 e. The lowest BCUT2D eigenvalue weighted by molar-refractivity contribution is -0.123. The van der Waals surface area contributed by atoms with E-state index in [1.807, 2.05) is 36.7 Å². The molecule has 1 N–H and O–H groups in total. The van der Waals surface area contributed by atoms with E-state index in [0.29, 0.717) is 24.7 Å². The van der Waals surface area contributed by atoms with Gasteiger partial charge in [0.05, 0.1) is 12.2 Å². The van der Waals surface area contributed by atoms with Gasteiger partial charge in [-0.1, -0.05) is 30.3 Å². The quantitative estimate of drug-likeness (QED) is 0.473. The molecule has 2 aromatic heterocycles. The van der Waals surface area contributed by atoms with Crippen LogP contribution in [-0.4, -0.2) is 32.5 Å². The van der Waals surface area contributed by atoms with Crippen molar-refractivity contribution in [3.05, 3.63) is 83.5 Å². The summed E-state index contributed by atoms with van der Waals surface area (Å²) in [6.07, 6.45) is 1.28. The molecule has 0 unspecified atom stereocenters. The standard InChI is InChI=1S/C23H23N5O3/c1-16-21(17(2)28(27-16)13-18-6-4-3-5-7-18)12-24-22(29)14-30-20-10-8-19(9-11-20)23-26-25-15-31-23/h3-11,15H,12-14H2,1-2H3,(H,24,29). The fourth-order valence-corrected chi connectivity index (χ4v) is 3.28. The maximum Gasteiger partial charge on any atom is 0.258 e. The van der Waals surface area contributed by atoms with Crippen LogP contribution in [0.25, 0.3) is 11.5 Å². The van der Waals surface area contributed by atoms with E-state index in [1.165, 1.54) is 12.0 Å². The molecule has 158 valence electrons. The molecule has 0 spiro atoms.